The van der Waals surface area contributed by atoms with E-state index >= 15 is 0 Å². The van der Waals surface area contributed by atoms with Gasteiger partial charge in [-0.05, 0) is 79.6 Å². The maximum Gasteiger partial charge on any atom is 0.416 e. The van der Waals surface area contributed by atoms with Crippen molar-refractivity contribution in [1.82, 2.24) is 0 Å². The molecule has 2 aromatic carbocycles. The highest BCUT2D eigenvalue weighted by molar-refractivity contribution is 7.15. The quantitative estimate of drug-likeness (QED) is 0.389. The number of benzene rings is 2. The number of carboxylic acid groups (broad SMARTS) is 1. The largest absolute Gasteiger partial charge is 0.479 e. The van der Waals surface area contributed by atoms with Crippen LogP contribution in [0.1, 0.15) is 40.5 Å². The van der Waals surface area contributed by atoms with Crippen LogP contribution in [0.2, 0.25) is 0 Å². The molecule has 1 heterocycles. The first-order chi connectivity index (χ1) is 15.1. The van der Waals surface area contributed by atoms with Crippen LogP contribution in [0.3, 0.4) is 0 Å². The fourth-order valence-electron chi connectivity index (χ4n) is 3.45. The Kier molecular flexibility index (Phi) is 7.29. The van der Waals surface area contributed by atoms with Gasteiger partial charge in [0.25, 0.3) is 0 Å². The van der Waals surface area contributed by atoms with E-state index in [1.807, 2.05) is 38.1 Å². The second-order valence-corrected chi connectivity index (χ2v) is 8.88. The standard InChI is InChI=1S/C25H25F3O3S/c1-4-20(24(29)30)31-21-11-5-17(13-15(21)2)6-12-22-16(3)14-23(32-22)18-7-9-19(10-8-18)25(26,27)28/h5,7-11,13-14,20H,4,6,12H2,1-3H3,(H,29,30). The van der Waals surface area contributed by atoms with Crippen LogP contribution in [0.25, 0.3) is 10.4 Å². The second kappa shape index (κ2) is 9.77. The van der Waals surface area contributed by atoms with Gasteiger partial charge in [0, 0.05) is 9.75 Å². The van der Waals surface area contributed by atoms with Crippen molar-refractivity contribution in [3.05, 3.63) is 75.7 Å². The van der Waals surface area contributed by atoms with Crippen LogP contribution in [0, 0.1) is 13.8 Å². The molecular weight excluding hydrogens is 437 g/mol. The predicted octanol–water partition coefficient (Wildman–Crippen LogP) is 7.08. The van der Waals surface area contributed by atoms with E-state index in [4.69, 9.17) is 4.74 Å². The average Bonchev–Trinajstić information content (AvgIpc) is 3.11. The number of thiophene rings is 1. The summed E-state index contributed by atoms with van der Waals surface area (Å²) < 4.78 is 44.0. The van der Waals surface area contributed by atoms with Crippen LogP contribution in [0.15, 0.2) is 48.5 Å². The third kappa shape index (κ3) is 5.71. The minimum atomic E-state index is -4.33. The first-order valence-electron chi connectivity index (χ1n) is 10.3. The maximum atomic E-state index is 12.8. The van der Waals surface area contributed by atoms with E-state index in [0.29, 0.717) is 12.2 Å². The smallest absolute Gasteiger partial charge is 0.416 e. The van der Waals surface area contributed by atoms with E-state index in [2.05, 4.69) is 0 Å². The van der Waals surface area contributed by atoms with Gasteiger partial charge in [0.1, 0.15) is 5.75 Å². The zero-order valence-corrected chi connectivity index (χ0v) is 18.9. The molecule has 1 unspecified atom stereocenters. The van der Waals surface area contributed by atoms with E-state index in [1.54, 1.807) is 18.3 Å². The van der Waals surface area contributed by atoms with E-state index in [1.165, 1.54) is 17.0 Å². The number of hydrogen-bond donors (Lipinski definition) is 1. The summed E-state index contributed by atoms with van der Waals surface area (Å²) in [5, 5.41) is 9.18. The minimum Gasteiger partial charge on any atom is -0.479 e. The number of alkyl halides is 3. The molecule has 0 aliphatic heterocycles. The fourth-order valence-corrected chi connectivity index (χ4v) is 4.63. The molecule has 3 rings (SSSR count). The van der Waals surface area contributed by atoms with Crippen LogP contribution in [0.4, 0.5) is 13.2 Å². The molecule has 1 atom stereocenters. The van der Waals surface area contributed by atoms with Crippen molar-refractivity contribution in [1.29, 1.82) is 0 Å². The summed E-state index contributed by atoms with van der Waals surface area (Å²) in [6.45, 7) is 5.68. The molecule has 0 spiro atoms. The monoisotopic (exact) mass is 462 g/mol. The minimum absolute atomic E-state index is 0.384. The third-order valence-electron chi connectivity index (χ3n) is 5.31. The van der Waals surface area contributed by atoms with Gasteiger partial charge in [0.15, 0.2) is 6.10 Å². The SMILES string of the molecule is CCC(Oc1ccc(CCc2sc(-c3ccc(C(F)(F)F)cc3)cc2C)cc1C)C(=O)O. The molecule has 1 aromatic heterocycles. The Hall–Kier alpha value is -2.80. The van der Waals surface area contributed by atoms with Gasteiger partial charge in [0.2, 0.25) is 0 Å². The topological polar surface area (TPSA) is 46.5 Å². The van der Waals surface area contributed by atoms with Crippen molar-refractivity contribution >= 4 is 17.3 Å². The highest BCUT2D eigenvalue weighted by atomic mass is 32.1. The lowest BCUT2D eigenvalue weighted by atomic mass is 10.0. The molecule has 3 nitrogen and oxygen atoms in total. The molecule has 0 saturated carbocycles. The molecule has 3 aromatic rings. The number of halogens is 3. The van der Waals surface area contributed by atoms with Gasteiger partial charge in [-0.1, -0.05) is 31.2 Å². The Balaban J connectivity index is 1.68. The number of aryl methyl sites for hydroxylation is 4. The molecule has 7 heteroatoms. The van der Waals surface area contributed by atoms with E-state index < -0.39 is 23.8 Å². The van der Waals surface area contributed by atoms with Gasteiger partial charge >= 0.3 is 12.1 Å². The van der Waals surface area contributed by atoms with Gasteiger partial charge in [-0.3, -0.25) is 0 Å². The van der Waals surface area contributed by atoms with E-state index in [0.717, 1.165) is 52.1 Å². The molecule has 0 aliphatic carbocycles. The summed E-state index contributed by atoms with van der Waals surface area (Å²) >= 11 is 1.60. The molecule has 0 bridgehead atoms. The van der Waals surface area contributed by atoms with Crippen LogP contribution in [0.5, 0.6) is 5.75 Å². The molecule has 0 fully saturated rings. The summed E-state index contributed by atoms with van der Waals surface area (Å²) in [7, 11) is 0. The van der Waals surface area contributed by atoms with Crippen molar-refractivity contribution in [2.75, 3.05) is 0 Å². The Morgan fingerprint density at radius 2 is 1.72 bits per heavy atom. The number of ether oxygens (including phenoxy) is 1. The van der Waals surface area contributed by atoms with Crippen LogP contribution in [-0.4, -0.2) is 17.2 Å². The highest BCUT2D eigenvalue weighted by Gasteiger charge is 2.30. The molecule has 170 valence electrons. The Morgan fingerprint density at radius 1 is 1.03 bits per heavy atom. The Labute approximate surface area is 189 Å². The van der Waals surface area contributed by atoms with Crippen LogP contribution in [-0.2, 0) is 23.8 Å². The predicted molar refractivity (Wildman–Crippen MR) is 120 cm³/mol. The fraction of sp³-hybridized carbons (Fsp3) is 0.320. The normalized spacial score (nSPS) is 12.6. The summed E-state index contributed by atoms with van der Waals surface area (Å²) in [5.41, 5.74) is 3.25. The lowest BCUT2D eigenvalue weighted by Gasteiger charge is -2.15. The number of rotatable bonds is 8. The maximum absolute atomic E-state index is 12.8. The Morgan fingerprint density at radius 3 is 2.28 bits per heavy atom. The van der Waals surface area contributed by atoms with Gasteiger partial charge in [-0.2, -0.15) is 13.2 Å². The first kappa shape index (κ1) is 23.9. The molecule has 0 radical (unpaired) electrons. The number of carboxylic acids is 1. The highest BCUT2D eigenvalue weighted by Crippen LogP contribution is 2.35. The lowest BCUT2D eigenvalue weighted by molar-refractivity contribution is -0.145. The molecule has 1 N–H and O–H groups in total. The zero-order chi connectivity index (χ0) is 23.5. The second-order valence-electron chi connectivity index (χ2n) is 7.74. The summed E-state index contributed by atoms with van der Waals surface area (Å²) in [5.74, 6) is -0.409. The third-order valence-corrected chi connectivity index (χ3v) is 6.66. The van der Waals surface area contributed by atoms with Crippen molar-refractivity contribution in [3.8, 4) is 16.2 Å². The van der Waals surface area contributed by atoms with Gasteiger partial charge in [-0.15, -0.1) is 11.3 Å². The van der Waals surface area contributed by atoms with Gasteiger partial charge in [0.05, 0.1) is 5.56 Å². The molecule has 0 saturated heterocycles. The average molecular weight is 463 g/mol. The van der Waals surface area contributed by atoms with E-state index in [-0.39, 0.29) is 0 Å². The van der Waals surface area contributed by atoms with Crippen LogP contribution >= 0.6 is 11.3 Å². The van der Waals surface area contributed by atoms with Crippen molar-refractivity contribution in [3.63, 3.8) is 0 Å². The summed E-state index contributed by atoms with van der Waals surface area (Å²) in [4.78, 5) is 13.3. The van der Waals surface area contributed by atoms with Gasteiger partial charge in [-0.25, -0.2) is 4.79 Å². The van der Waals surface area contributed by atoms with Crippen molar-refractivity contribution < 1.29 is 27.8 Å². The number of carbonyl (C=O) groups is 1. The first-order valence-corrected chi connectivity index (χ1v) is 11.2. The Bertz CT molecular complexity index is 1080. The van der Waals surface area contributed by atoms with Crippen LogP contribution < -0.4 is 4.74 Å². The van der Waals surface area contributed by atoms with Gasteiger partial charge < -0.3 is 9.84 Å². The molecule has 0 amide bonds. The molecular formula is C25H25F3O3S. The number of aliphatic carboxylic acids is 1. The lowest BCUT2D eigenvalue weighted by Crippen LogP contribution is -2.26. The summed E-state index contributed by atoms with van der Waals surface area (Å²) in [6, 6.07) is 13.0. The van der Waals surface area contributed by atoms with Crippen molar-refractivity contribution in [2.24, 2.45) is 0 Å². The molecule has 32 heavy (non-hydrogen) atoms. The summed E-state index contributed by atoms with van der Waals surface area (Å²) in [6.07, 6.45) is -3.21. The zero-order valence-electron chi connectivity index (χ0n) is 18.1. The molecule has 0 aliphatic rings. The van der Waals surface area contributed by atoms with Crippen molar-refractivity contribution in [2.45, 2.75) is 52.3 Å². The number of hydrogen-bond acceptors (Lipinski definition) is 3. The van der Waals surface area contributed by atoms with E-state index in [9.17, 15) is 23.1 Å².